The van der Waals surface area contributed by atoms with Gasteiger partial charge in [0.05, 0.1) is 12.7 Å². The Morgan fingerprint density at radius 2 is 2.08 bits per heavy atom. The number of carbonyl (C=O) groups is 1. The summed E-state index contributed by atoms with van der Waals surface area (Å²) in [6.07, 6.45) is 7.10. The number of carbonyl (C=O) groups excluding carboxylic acids is 1. The number of methoxy groups -OCH3 is 1. The largest absolute Gasteiger partial charge is 0.465 e. The van der Waals surface area contributed by atoms with Crippen LogP contribution in [-0.4, -0.2) is 23.2 Å². The molecule has 5 nitrogen and oxygen atoms in total. The summed E-state index contributed by atoms with van der Waals surface area (Å²) in [4.78, 5) is 17.8. The number of thiocarbonyl (C=S) groups is 1. The standard InChI is InChI=1S/C18H21N3O2S2/c1-11-8-9-19-14(10-11)20-18(24)21-16-15(17(22)23-2)12-6-4-3-5-7-13(12)25-16/h8-10H,3-7H2,1-2H3,(H2,19,20,21,24). The fourth-order valence-electron chi connectivity index (χ4n) is 3.00. The van der Waals surface area contributed by atoms with Crippen LogP contribution in [0.4, 0.5) is 10.8 Å². The number of thiophene rings is 1. The van der Waals surface area contributed by atoms with Crippen LogP contribution in [0.2, 0.25) is 0 Å². The van der Waals surface area contributed by atoms with E-state index in [4.69, 9.17) is 17.0 Å². The van der Waals surface area contributed by atoms with Crippen molar-refractivity contribution < 1.29 is 9.53 Å². The average molecular weight is 376 g/mol. The summed E-state index contributed by atoms with van der Waals surface area (Å²) in [5, 5.41) is 7.41. The number of pyridine rings is 1. The van der Waals surface area contributed by atoms with Gasteiger partial charge in [0.25, 0.3) is 0 Å². The highest BCUT2D eigenvalue weighted by Gasteiger charge is 2.25. The molecule has 2 heterocycles. The zero-order valence-corrected chi connectivity index (χ0v) is 16.0. The SMILES string of the molecule is COC(=O)c1c(NC(=S)Nc2cc(C)ccn2)sc2c1CCCCC2. The Bertz CT molecular complexity index is 802. The topological polar surface area (TPSA) is 63.2 Å². The second-order valence-corrected chi connectivity index (χ2v) is 7.57. The summed E-state index contributed by atoms with van der Waals surface area (Å²) in [7, 11) is 1.42. The third-order valence-electron chi connectivity index (χ3n) is 4.19. The molecule has 25 heavy (non-hydrogen) atoms. The summed E-state index contributed by atoms with van der Waals surface area (Å²) in [5.41, 5.74) is 2.84. The van der Waals surface area contributed by atoms with E-state index in [-0.39, 0.29) is 5.97 Å². The molecule has 0 aliphatic heterocycles. The molecular weight excluding hydrogens is 354 g/mol. The summed E-state index contributed by atoms with van der Waals surface area (Å²) >= 11 is 7.00. The third kappa shape index (κ3) is 4.16. The van der Waals surface area contributed by atoms with Crippen molar-refractivity contribution in [2.45, 2.75) is 39.0 Å². The number of aromatic nitrogens is 1. The molecule has 0 atom stereocenters. The molecule has 0 unspecified atom stereocenters. The zero-order valence-electron chi connectivity index (χ0n) is 14.3. The predicted octanol–water partition coefficient (Wildman–Crippen LogP) is 4.32. The maximum atomic E-state index is 12.3. The van der Waals surface area contributed by atoms with Crippen LogP contribution in [0.15, 0.2) is 18.3 Å². The normalized spacial score (nSPS) is 13.5. The lowest BCUT2D eigenvalue weighted by molar-refractivity contribution is 0.0601. The van der Waals surface area contributed by atoms with E-state index in [1.807, 2.05) is 19.1 Å². The first kappa shape index (κ1) is 17.8. The first-order valence-corrected chi connectivity index (χ1v) is 9.54. The Balaban J connectivity index is 1.83. The molecule has 2 N–H and O–H groups in total. The predicted molar refractivity (Wildman–Crippen MR) is 106 cm³/mol. The molecule has 0 fully saturated rings. The molecule has 0 saturated carbocycles. The molecule has 0 aromatic carbocycles. The van der Waals surface area contributed by atoms with Crippen molar-refractivity contribution in [2.24, 2.45) is 0 Å². The number of nitrogens with one attached hydrogen (secondary N) is 2. The van der Waals surface area contributed by atoms with Gasteiger partial charge in [0, 0.05) is 11.1 Å². The number of rotatable bonds is 3. The van der Waals surface area contributed by atoms with Crippen LogP contribution in [0.5, 0.6) is 0 Å². The lowest BCUT2D eigenvalue weighted by atomic mass is 10.1. The minimum atomic E-state index is -0.307. The smallest absolute Gasteiger partial charge is 0.341 e. The van der Waals surface area contributed by atoms with Gasteiger partial charge in [0.2, 0.25) is 0 Å². The van der Waals surface area contributed by atoms with Crippen LogP contribution >= 0.6 is 23.6 Å². The van der Waals surface area contributed by atoms with Crippen LogP contribution in [0.25, 0.3) is 0 Å². The number of nitrogens with zero attached hydrogens (tertiary/aromatic N) is 1. The highest BCUT2D eigenvalue weighted by Crippen LogP contribution is 2.38. The Morgan fingerprint density at radius 1 is 1.28 bits per heavy atom. The fourth-order valence-corrected chi connectivity index (χ4v) is 4.56. The van der Waals surface area contributed by atoms with Crippen LogP contribution in [-0.2, 0) is 17.6 Å². The number of aryl methyl sites for hydroxylation is 2. The third-order valence-corrected chi connectivity index (χ3v) is 5.61. The maximum Gasteiger partial charge on any atom is 0.341 e. The summed E-state index contributed by atoms with van der Waals surface area (Å²) < 4.78 is 5.01. The highest BCUT2D eigenvalue weighted by atomic mass is 32.1. The number of hydrogen-bond acceptors (Lipinski definition) is 5. The van der Waals surface area contributed by atoms with Crippen LogP contribution in [0, 0.1) is 6.92 Å². The summed E-state index contributed by atoms with van der Waals surface area (Å²) in [5.74, 6) is 0.369. The van der Waals surface area contributed by atoms with Crippen molar-refractivity contribution >= 4 is 45.5 Å². The summed E-state index contributed by atoms with van der Waals surface area (Å²) in [6, 6.07) is 3.84. The number of ether oxygens (including phenoxy) is 1. The van der Waals surface area contributed by atoms with Crippen molar-refractivity contribution in [3.8, 4) is 0 Å². The van der Waals surface area contributed by atoms with Gasteiger partial charge in [-0.3, -0.25) is 0 Å². The average Bonchev–Trinajstić information content (AvgIpc) is 2.75. The van der Waals surface area contributed by atoms with Gasteiger partial charge in [0.1, 0.15) is 10.8 Å². The van der Waals surface area contributed by atoms with Gasteiger partial charge in [-0.25, -0.2) is 9.78 Å². The van der Waals surface area contributed by atoms with E-state index in [1.165, 1.54) is 18.4 Å². The van der Waals surface area contributed by atoms with Crippen LogP contribution in [0.3, 0.4) is 0 Å². The molecule has 7 heteroatoms. The minimum Gasteiger partial charge on any atom is -0.465 e. The molecule has 132 valence electrons. The highest BCUT2D eigenvalue weighted by molar-refractivity contribution is 7.80. The van der Waals surface area contributed by atoms with Crippen molar-refractivity contribution in [3.63, 3.8) is 0 Å². The Labute approximate surface area is 156 Å². The molecule has 0 amide bonds. The van der Waals surface area contributed by atoms with E-state index in [1.54, 1.807) is 17.5 Å². The second-order valence-electron chi connectivity index (χ2n) is 6.06. The molecule has 1 aliphatic carbocycles. The molecule has 2 aromatic heterocycles. The van der Waals surface area contributed by atoms with Gasteiger partial charge >= 0.3 is 5.97 Å². The van der Waals surface area contributed by atoms with E-state index < -0.39 is 0 Å². The van der Waals surface area contributed by atoms with Crippen molar-refractivity contribution in [2.75, 3.05) is 17.7 Å². The molecule has 1 aliphatic rings. The van der Waals surface area contributed by atoms with E-state index in [0.29, 0.717) is 16.5 Å². The number of esters is 1. The van der Waals surface area contributed by atoms with Crippen molar-refractivity contribution in [1.82, 2.24) is 4.98 Å². The van der Waals surface area contributed by atoms with Gasteiger partial charge in [-0.2, -0.15) is 0 Å². The zero-order chi connectivity index (χ0) is 17.8. The first-order chi connectivity index (χ1) is 12.1. The molecule has 0 bridgehead atoms. The lowest BCUT2D eigenvalue weighted by Crippen LogP contribution is -2.20. The van der Waals surface area contributed by atoms with E-state index >= 15 is 0 Å². The minimum absolute atomic E-state index is 0.307. The van der Waals surface area contributed by atoms with Crippen molar-refractivity contribution in [3.05, 3.63) is 39.9 Å². The van der Waals surface area contributed by atoms with Gasteiger partial charge in [-0.05, 0) is 68.1 Å². The van der Waals surface area contributed by atoms with Gasteiger partial charge in [0.15, 0.2) is 5.11 Å². The molecule has 3 rings (SSSR count). The lowest BCUT2D eigenvalue weighted by Gasteiger charge is -2.11. The molecular formula is C18H21N3O2S2. The molecule has 0 saturated heterocycles. The second kappa shape index (κ2) is 7.93. The van der Waals surface area contributed by atoms with Gasteiger partial charge in [-0.1, -0.05) is 6.42 Å². The number of hydrogen-bond donors (Lipinski definition) is 2. The summed E-state index contributed by atoms with van der Waals surface area (Å²) in [6.45, 7) is 2.00. The Hall–Kier alpha value is -1.99. The molecule has 0 radical (unpaired) electrons. The van der Waals surface area contributed by atoms with Crippen LogP contribution in [0.1, 0.15) is 45.6 Å². The van der Waals surface area contributed by atoms with Gasteiger partial charge < -0.3 is 15.4 Å². The first-order valence-electron chi connectivity index (χ1n) is 8.32. The van der Waals surface area contributed by atoms with E-state index in [2.05, 4.69) is 15.6 Å². The van der Waals surface area contributed by atoms with Crippen molar-refractivity contribution in [1.29, 1.82) is 0 Å². The molecule has 0 spiro atoms. The number of anilines is 2. The Kier molecular flexibility index (Phi) is 5.65. The Morgan fingerprint density at radius 3 is 2.84 bits per heavy atom. The van der Waals surface area contributed by atoms with E-state index in [0.717, 1.165) is 41.8 Å². The maximum absolute atomic E-state index is 12.3. The quantitative estimate of drug-likeness (QED) is 0.473. The van der Waals surface area contributed by atoms with E-state index in [9.17, 15) is 4.79 Å². The fraction of sp³-hybridized carbons (Fsp3) is 0.389. The van der Waals surface area contributed by atoms with Crippen LogP contribution < -0.4 is 10.6 Å². The monoisotopic (exact) mass is 375 g/mol. The molecule has 2 aromatic rings. The van der Waals surface area contributed by atoms with Gasteiger partial charge in [-0.15, -0.1) is 11.3 Å². The number of fused-ring (bicyclic) bond motifs is 1.